The number of urea groups is 1. The number of aliphatic hydroxyl groups excluding tert-OH is 1. The first-order valence-corrected chi connectivity index (χ1v) is 18.2. The van der Waals surface area contributed by atoms with Crippen LogP contribution in [0.25, 0.3) is 0 Å². The number of piperidine rings is 1. The Labute approximate surface area is 304 Å². The van der Waals surface area contributed by atoms with Crippen molar-refractivity contribution in [3.8, 4) is 5.75 Å². The quantitative estimate of drug-likeness (QED) is 0.326. The first-order valence-electron chi connectivity index (χ1n) is 18.2. The number of rotatable bonds is 6. The van der Waals surface area contributed by atoms with Gasteiger partial charge in [-0.2, -0.15) is 0 Å². The highest BCUT2D eigenvalue weighted by Gasteiger charge is 2.53. The zero-order valence-corrected chi connectivity index (χ0v) is 32.6. The van der Waals surface area contributed by atoms with E-state index < -0.39 is 47.0 Å². The maximum atomic E-state index is 14.5. The molecule has 13 nitrogen and oxygen atoms in total. The van der Waals surface area contributed by atoms with Gasteiger partial charge >= 0.3 is 12.0 Å². The Morgan fingerprint density at radius 2 is 1.67 bits per heavy atom. The van der Waals surface area contributed by atoms with Crippen LogP contribution in [0.5, 0.6) is 5.75 Å². The van der Waals surface area contributed by atoms with Crippen molar-refractivity contribution in [2.24, 2.45) is 17.3 Å². The standard InChI is InChI=1S/C38H62N4O9/c1-24-21-37(6,48-11)32(50-33-30(43)29(40(7)8)20-25(2)49-33)26(3)31(44)36(4,5)34(45)51-38(23-41(9)22-24)16-18-42(19-17-38)35(46)39-27-12-14-28(47-10)15-13-27/h12-15,24-26,29-30,32-33,43H,16-23H2,1-11H3,(H,39,46)/t24-,25-,26+,29+,30-,32-,33+,37-/m1/s1. The van der Waals surface area contributed by atoms with Gasteiger partial charge in [-0.15, -0.1) is 0 Å². The van der Waals surface area contributed by atoms with E-state index in [0.717, 1.165) is 0 Å². The van der Waals surface area contributed by atoms with Crippen LogP contribution in [0.15, 0.2) is 24.3 Å². The molecule has 3 aliphatic heterocycles. The molecule has 3 fully saturated rings. The third kappa shape index (κ3) is 9.41. The number of hydrogen-bond acceptors (Lipinski definition) is 11. The van der Waals surface area contributed by atoms with E-state index in [4.69, 9.17) is 23.7 Å². The number of nitrogens with one attached hydrogen (secondary N) is 1. The summed E-state index contributed by atoms with van der Waals surface area (Å²) in [7, 11) is 9.02. The van der Waals surface area contributed by atoms with E-state index in [9.17, 15) is 19.5 Å². The summed E-state index contributed by atoms with van der Waals surface area (Å²) in [4.78, 5) is 47.7. The molecule has 3 saturated heterocycles. The number of nitrogens with zero attached hydrogens (tertiary/aromatic N) is 3. The van der Waals surface area contributed by atoms with Crippen molar-refractivity contribution in [1.82, 2.24) is 14.7 Å². The Kier molecular flexibility index (Phi) is 13.2. The molecule has 51 heavy (non-hydrogen) atoms. The van der Waals surface area contributed by atoms with E-state index in [2.05, 4.69) is 17.1 Å². The molecule has 288 valence electrons. The molecule has 0 bridgehead atoms. The minimum Gasteiger partial charge on any atom is -0.497 e. The van der Waals surface area contributed by atoms with Gasteiger partial charge in [-0.05, 0) is 91.9 Å². The molecule has 8 atom stereocenters. The molecular formula is C38H62N4O9. The summed E-state index contributed by atoms with van der Waals surface area (Å²) in [6.45, 7) is 12.8. The lowest BCUT2D eigenvalue weighted by molar-refractivity contribution is -0.295. The predicted molar refractivity (Wildman–Crippen MR) is 194 cm³/mol. The van der Waals surface area contributed by atoms with Crippen molar-refractivity contribution in [3.63, 3.8) is 0 Å². The van der Waals surface area contributed by atoms with Crippen LogP contribution in [0.1, 0.15) is 67.2 Å². The summed E-state index contributed by atoms with van der Waals surface area (Å²) < 4.78 is 30.7. The molecule has 0 aliphatic carbocycles. The molecule has 0 aromatic heterocycles. The van der Waals surface area contributed by atoms with Crippen LogP contribution in [0.2, 0.25) is 0 Å². The lowest BCUT2D eigenvalue weighted by Gasteiger charge is -2.47. The van der Waals surface area contributed by atoms with Crippen LogP contribution < -0.4 is 10.1 Å². The number of anilines is 1. The molecule has 3 heterocycles. The summed E-state index contributed by atoms with van der Waals surface area (Å²) in [5.41, 5.74) is -2.76. The Hall–Kier alpha value is -2.81. The Bertz CT molecular complexity index is 1350. The number of likely N-dealkylation sites (tertiary alicyclic amines) is 1. The van der Waals surface area contributed by atoms with Gasteiger partial charge < -0.3 is 48.8 Å². The average Bonchev–Trinajstić information content (AvgIpc) is 3.07. The van der Waals surface area contributed by atoms with Crippen molar-refractivity contribution in [1.29, 1.82) is 0 Å². The smallest absolute Gasteiger partial charge is 0.321 e. The Morgan fingerprint density at radius 3 is 2.24 bits per heavy atom. The number of methoxy groups -OCH3 is 2. The van der Waals surface area contributed by atoms with E-state index in [0.29, 0.717) is 63.3 Å². The summed E-state index contributed by atoms with van der Waals surface area (Å²) in [6, 6.07) is 6.69. The second kappa shape index (κ2) is 16.5. The zero-order valence-electron chi connectivity index (χ0n) is 32.6. The fourth-order valence-corrected chi connectivity index (χ4v) is 8.17. The van der Waals surface area contributed by atoms with Crippen LogP contribution >= 0.6 is 0 Å². The first-order chi connectivity index (χ1) is 23.8. The topological polar surface area (TPSA) is 139 Å². The second-order valence-electron chi connectivity index (χ2n) is 16.1. The number of ether oxygens (including phenoxy) is 5. The molecule has 4 rings (SSSR count). The molecule has 3 aliphatic rings. The highest BCUT2D eigenvalue weighted by Crippen LogP contribution is 2.40. The first kappa shape index (κ1) is 41.0. The normalized spacial score (nSPS) is 33.9. The van der Waals surface area contributed by atoms with Gasteiger partial charge in [0.1, 0.15) is 22.9 Å². The largest absolute Gasteiger partial charge is 0.497 e. The third-order valence-electron chi connectivity index (χ3n) is 11.2. The summed E-state index contributed by atoms with van der Waals surface area (Å²) >= 11 is 0. The van der Waals surface area contributed by atoms with Crippen molar-refractivity contribution < 1.29 is 43.2 Å². The van der Waals surface area contributed by atoms with Crippen molar-refractivity contribution in [3.05, 3.63) is 24.3 Å². The third-order valence-corrected chi connectivity index (χ3v) is 11.2. The molecule has 1 aromatic rings. The molecule has 1 spiro atoms. The Balaban J connectivity index is 1.59. The number of Topliss-reactive ketones (excluding diaryl/α,β-unsaturated/α-hetero) is 1. The maximum absolute atomic E-state index is 14.5. The average molecular weight is 719 g/mol. The molecular weight excluding hydrogens is 656 g/mol. The van der Waals surface area contributed by atoms with Gasteiger partial charge in [0.05, 0.1) is 24.9 Å². The highest BCUT2D eigenvalue weighted by atomic mass is 16.7. The van der Waals surface area contributed by atoms with E-state index >= 15 is 0 Å². The maximum Gasteiger partial charge on any atom is 0.321 e. The van der Waals surface area contributed by atoms with Crippen molar-refractivity contribution in [2.75, 3.05) is 66.9 Å². The van der Waals surface area contributed by atoms with Gasteiger partial charge in [-0.25, -0.2) is 4.79 Å². The van der Waals surface area contributed by atoms with Gasteiger partial charge in [-0.1, -0.05) is 13.8 Å². The molecule has 0 radical (unpaired) electrons. The lowest BCUT2D eigenvalue weighted by Crippen LogP contribution is -2.59. The molecule has 0 saturated carbocycles. The number of likely N-dealkylation sites (N-methyl/N-ethyl adjacent to an activating group) is 2. The predicted octanol–water partition coefficient (Wildman–Crippen LogP) is 4.02. The molecule has 0 unspecified atom stereocenters. The van der Waals surface area contributed by atoms with Gasteiger partial charge in [0.2, 0.25) is 0 Å². The Morgan fingerprint density at radius 1 is 1.04 bits per heavy atom. The van der Waals surface area contributed by atoms with Crippen LogP contribution in [-0.4, -0.2) is 141 Å². The second-order valence-corrected chi connectivity index (χ2v) is 16.1. The lowest BCUT2D eigenvalue weighted by atomic mass is 9.74. The SMILES string of the molecule is COc1ccc(NC(=O)N2CCC3(CC2)CN(C)C[C@H](C)C[C@@](C)(OC)[C@H](O[C@@H]2O[C@H](C)C[C@H](N(C)C)[C@H]2O)[C@@H](C)C(=O)C(C)(C)C(=O)O3)cc1. The number of aliphatic hydroxyl groups is 1. The number of carbonyl (C=O) groups is 3. The van der Waals surface area contributed by atoms with Crippen LogP contribution in [0.3, 0.4) is 0 Å². The number of hydrogen-bond donors (Lipinski definition) is 2. The fourth-order valence-electron chi connectivity index (χ4n) is 8.17. The number of ketones is 1. The summed E-state index contributed by atoms with van der Waals surface area (Å²) in [5, 5.41) is 14.3. The fraction of sp³-hybridized carbons (Fsp3) is 0.763. The number of amides is 2. The van der Waals surface area contributed by atoms with Crippen molar-refractivity contribution in [2.45, 2.75) is 109 Å². The minimum absolute atomic E-state index is 0.0795. The molecule has 2 N–H and O–H groups in total. The van der Waals surface area contributed by atoms with E-state index in [-0.39, 0.29) is 29.9 Å². The van der Waals surface area contributed by atoms with E-state index in [1.807, 2.05) is 39.9 Å². The van der Waals surface area contributed by atoms with Crippen LogP contribution in [-0.2, 0) is 28.5 Å². The number of carbonyl (C=O) groups excluding carboxylic acids is 3. The van der Waals surface area contributed by atoms with Gasteiger partial charge in [0.25, 0.3) is 0 Å². The molecule has 1 aromatic carbocycles. The number of benzene rings is 1. The van der Waals surface area contributed by atoms with Gasteiger partial charge in [0, 0.05) is 63.8 Å². The van der Waals surface area contributed by atoms with Gasteiger partial charge in [-0.3, -0.25) is 9.59 Å². The van der Waals surface area contributed by atoms with Gasteiger partial charge in [0.15, 0.2) is 12.1 Å². The number of esters is 1. The zero-order chi connectivity index (χ0) is 37.9. The van der Waals surface area contributed by atoms with E-state index in [1.54, 1.807) is 64.2 Å². The summed E-state index contributed by atoms with van der Waals surface area (Å²) in [6.07, 6.45) is -1.02. The highest BCUT2D eigenvalue weighted by molar-refractivity contribution is 6.04. The van der Waals surface area contributed by atoms with Crippen LogP contribution in [0, 0.1) is 17.3 Å². The summed E-state index contributed by atoms with van der Waals surface area (Å²) in [5.74, 6) is -1.02. The monoisotopic (exact) mass is 718 g/mol. The molecule has 13 heteroatoms. The molecule has 2 amide bonds. The van der Waals surface area contributed by atoms with Crippen molar-refractivity contribution >= 4 is 23.5 Å². The minimum atomic E-state index is -1.53. The van der Waals surface area contributed by atoms with E-state index in [1.165, 1.54) is 0 Å². The van der Waals surface area contributed by atoms with Crippen LogP contribution in [0.4, 0.5) is 10.5 Å².